The second kappa shape index (κ2) is 7.57. The second-order valence-corrected chi connectivity index (χ2v) is 7.86. The van der Waals surface area contributed by atoms with Crippen molar-refractivity contribution in [2.24, 2.45) is 0 Å². The van der Waals surface area contributed by atoms with Crippen LogP contribution in [0.1, 0.15) is 57.9 Å². The summed E-state index contributed by atoms with van der Waals surface area (Å²) in [5.41, 5.74) is 0.385. The number of hydrogen-bond donors (Lipinski definition) is 1. The monoisotopic (exact) mass is 415 g/mol. The highest BCUT2D eigenvalue weighted by molar-refractivity contribution is 7.16. The first-order chi connectivity index (χ1) is 13.1. The fraction of sp³-hybridized carbons (Fsp3) is 0.500. The number of alkyl halides is 3. The summed E-state index contributed by atoms with van der Waals surface area (Å²) in [6.45, 7) is 5.08. The van der Waals surface area contributed by atoms with E-state index in [-0.39, 0.29) is 24.6 Å². The minimum atomic E-state index is -4.57. The molecule has 1 fully saturated rings. The van der Waals surface area contributed by atoms with E-state index < -0.39 is 23.7 Å². The zero-order chi connectivity index (χ0) is 20.6. The average Bonchev–Trinajstić information content (AvgIpc) is 3.27. The van der Waals surface area contributed by atoms with Crippen molar-refractivity contribution in [3.63, 3.8) is 0 Å². The minimum Gasteiger partial charge on any atom is -0.462 e. The first-order valence-electron chi connectivity index (χ1n) is 8.83. The topological polar surface area (TPSA) is 73.2 Å². The lowest BCUT2D eigenvalue weighted by atomic mass is 10.1. The predicted octanol–water partition coefficient (Wildman–Crippen LogP) is 4.27. The normalized spacial score (nSPS) is 14.2. The summed E-state index contributed by atoms with van der Waals surface area (Å²) in [5, 5.41) is 6.54. The van der Waals surface area contributed by atoms with Crippen LogP contribution in [0, 0.1) is 13.8 Å². The zero-order valence-corrected chi connectivity index (χ0v) is 16.5. The number of esters is 1. The van der Waals surface area contributed by atoms with Crippen LogP contribution in [0.2, 0.25) is 0 Å². The Morgan fingerprint density at radius 1 is 1.36 bits per heavy atom. The molecule has 0 radical (unpaired) electrons. The molecule has 2 aromatic heterocycles. The molecular formula is C18H20F3N3O3S. The predicted molar refractivity (Wildman–Crippen MR) is 97.6 cm³/mol. The van der Waals surface area contributed by atoms with E-state index in [2.05, 4.69) is 10.4 Å². The Bertz CT molecular complexity index is 913. The van der Waals surface area contributed by atoms with Crippen LogP contribution in [0.5, 0.6) is 0 Å². The van der Waals surface area contributed by atoms with Gasteiger partial charge in [-0.2, -0.15) is 18.3 Å². The lowest BCUT2D eigenvalue weighted by Gasteiger charge is -2.09. The summed E-state index contributed by atoms with van der Waals surface area (Å²) < 4.78 is 45.1. The molecule has 10 heteroatoms. The SMILES string of the molecule is CCOC(=O)c1c(NC(=O)Cn2nc(C(F)(F)F)cc2C2CC2)sc(C)c1C. The number of carbonyl (C=O) groups is 2. The first kappa shape index (κ1) is 20.4. The molecule has 28 heavy (non-hydrogen) atoms. The molecule has 0 aliphatic heterocycles. The Labute approximate surface area is 163 Å². The number of carbonyl (C=O) groups excluding carboxylic acids is 2. The number of hydrogen-bond acceptors (Lipinski definition) is 5. The number of aromatic nitrogens is 2. The van der Waals surface area contributed by atoms with Gasteiger partial charge in [0.25, 0.3) is 0 Å². The van der Waals surface area contributed by atoms with Crippen molar-refractivity contribution in [2.45, 2.75) is 52.3 Å². The fourth-order valence-electron chi connectivity index (χ4n) is 2.87. The van der Waals surface area contributed by atoms with Gasteiger partial charge in [0, 0.05) is 16.5 Å². The average molecular weight is 415 g/mol. The molecule has 1 N–H and O–H groups in total. The van der Waals surface area contributed by atoms with Gasteiger partial charge in [-0.1, -0.05) is 0 Å². The molecule has 0 spiro atoms. The number of nitrogens with one attached hydrogen (secondary N) is 1. The van der Waals surface area contributed by atoms with Gasteiger partial charge in [0.15, 0.2) is 5.69 Å². The van der Waals surface area contributed by atoms with Gasteiger partial charge in [0.2, 0.25) is 5.91 Å². The van der Waals surface area contributed by atoms with Gasteiger partial charge in [-0.3, -0.25) is 9.48 Å². The van der Waals surface area contributed by atoms with Gasteiger partial charge < -0.3 is 10.1 Å². The molecule has 0 atom stereocenters. The molecule has 6 nitrogen and oxygen atoms in total. The van der Waals surface area contributed by atoms with E-state index in [1.54, 1.807) is 13.8 Å². The van der Waals surface area contributed by atoms with Crippen molar-refractivity contribution < 1.29 is 27.5 Å². The summed E-state index contributed by atoms with van der Waals surface area (Å²) in [6.07, 6.45) is -3.01. The third-order valence-electron chi connectivity index (χ3n) is 4.51. The van der Waals surface area contributed by atoms with Crippen LogP contribution < -0.4 is 5.32 Å². The number of ether oxygens (including phenoxy) is 1. The van der Waals surface area contributed by atoms with E-state index in [4.69, 9.17) is 4.74 Å². The number of aryl methyl sites for hydroxylation is 1. The number of halogens is 3. The molecule has 1 saturated carbocycles. The maximum atomic E-state index is 13.0. The Morgan fingerprint density at radius 2 is 2.04 bits per heavy atom. The summed E-state index contributed by atoms with van der Waals surface area (Å²) in [7, 11) is 0. The summed E-state index contributed by atoms with van der Waals surface area (Å²) in [6, 6.07) is 1.01. The van der Waals surface area contributed by atoms with Crippen LogP contribution in [-0.4, -0.2) is 28.3 Å². The highest BCUT2D eigenvalue weighted by Gasteiger charge is 2.38. The first-order valence-corrected chi connectivity index (χ1v) is 9.65. The zero-order valence-electron chi connectivity index (χ0n) is 15.6. The Morgan fingerprint density at radius 3 is 2.61 bits per heavy atom. The van der Waals surface area contributed by atoms with E-state index in [0.717, 1.165) is 28.5 Å². The van der Waals surface area contributed by atoms with Crippen molar-refractivity contribution in [1.29, 1.82) is 0 Å². The molecule has 0 bridgehead atoms. The smallest absolute Gasteiger partial charge is 0.435 e. The molecular weight excluding hydrogens is 395 g/mol. The van der Waals surface area contributed by atoms with Crippen LogP contribution in [0.15, 0.2) is 6.07 Å². The lowest BCUT2D eigenvalue weighted by Crippen LogP contribution is -2.22. The van der Waals surface area contributed by atoms with Crippen molar-refractivity contribution in [2.75, 3.05) is 11.9 Å². The standard InChI is InChI=1S/C18H20F3N3O3S/c1-4-27-17(26)15-9(2)10(3)28-16(15)22-14(25)8-24-12(11-5-6-11)7-13(23-24)18(19,20)21/h7,11H,4-6,8H2,1-3H3,(H,22,25). The number of thiophene rings is 1. The van der Waals surface area contributed by atoms with Crippen molar-refractivity contribution in [3.05, 3.63) is 33.5 Å². The largest absolute Gasteiger partial charge is 0.462 e. The summed E-state index contributed by atoms with van der Waals surface area (Å²) in [5.74, 6) is -1.10. The molecule has 0 unspecified atom stereocenters. The molecule has 0 saturated heterocycles. The lowest BCUT2D eigenvalue weighted by molar-refractivity contribution is -0.141. The van der Waals surface area contributed by atoms with Crippen molar-refractivity contribution >= 4 is 28.2 Å². The Hall–Kier alpha value is -2.36. The molecule has 0 aromatic carbocycles. The molecule has 1 aliphatic carbocycles. The minimum absolute atomic E-state index is 0.00211. The molecule has 1 amide bonds. The van der Waals surface area contributed by atoms with Crippen molar-refractivity contribution in [1.82, 2.24) is 9.78 Å². The molecule has 3 rings (SSSR count). The van der Waals surface area contributed by atoms with Gasteiger partial charge in [0.1, 0.15) is 11.5 Å². The van der Waals surface area contributed by atoms with Gasteiger partial charge >= 0.3 is 12.1 Å². The highest BCUT2D eigenvalue weighted by atomic mass is 32.1. The van der Waals surface area contributed by atoms with E-state index in [1.165, 1.54) is 11.3 Å². The van der Waals surface area contributed by atoms with Crippen LogP contribution in [0.3, 0.4) is 0 Å². The summed E-state index contributed by atoms with van der Waals surface area (Å²) in [4.78, 5) is 25.5. The number of rotatable bonds is 6. The van der Waals surface area contributed by atoms with E-state index >= 15 is 0 Å². The van der Waals surface area contributed by atoms with E-state index in [9.17, 15) is 22.8 Å². The van der Waals surface area contributed by atoms with Gasteiger partial charge in [-0.15, -0.1) is 11.3 Å². The van der Waals surface area contributed by atoms with Crippen LogP contribution in [-0.2, 0) is 22.3 Å². The maximum Gasteiger partial charge on any atom is 0.435 e. The van der Waals surface area contributed by atoms with Gasteiger partial charge in [-0.05, 0) is 45.2 Å². The number of amides is 1. The van der Waals surface area contributed by atoms with Crippen LogP contribution >= 0.6 is 11.3 Å². The molecule has 1 aliphatic rings. The third kappa shape index (κ3) is 4.21. The number of nitrogens with zero attached hydrogens (tertiary/aromatic N) is 2. The third-order valence-corrected chi connectivity index (χ3v) is 5.63. The van der Waals surface area contributed by atoms with Gasteiger partial charge in [0.05, 0.1) is 12.2 Å². The highest BCUT2D eigenvalue weighted by Crippen LogP contribution is 2.42. The number of anilines is 1. The van der Waals surface area contributed by atoms with Crippen molar-refractivity contribution in [3.8, 4) is 0 Å². The molecule has 152 valence electrons. The molecule has 2 heterocycles. The van der Waals surface area contributed by atoms with E-state index in [0.29, 0.717) is 16.3 Å². The Balaban J connectivity index is 1.81. The Kier molecular flexibility index (Phi) is 5.51. The summed E-state index contributed by atoms with van der Waals surface area (Å²) >= 11 is 1.22. The fourth-order valence-corrected chi connectivity index (χ4v) is 3.94. The van der Waals surface area contributed by atoms with Gasteiger partial charge in [-0.25, -0.2) is 4.79 Å². The van der Waals surface area contributed by atoms with Crippen LogP contribution in [0.4, 0.5) is 18.2 Å². The molecule has 2 aromatic rings. The van der Waals surface area contributed by atoms with E-state index in [1.807, 2.05) is 6.92 Å². The maximum absolute atomic E-state index is 13.0. The quantitative estimate of drug-likeness (QED) is 0.715. The van der Waals surface area contributed by atoms with Crippen LogP contribution in [0.25, 0.3) is 0 Å². The second-order valence-electron chi connectivity index (χ2n) is 6.64.